The van der Waals surface area contributed by atoms with Gasteiger partial charge in [0.1, 0.15) is 6.04 Å². The summed E-state index contributed by atoms with van der Waals surface area (Å²) in [7, 11) is 1.90. The average Bonchev–Trinajstić information content (AvgIpc) is 1.96. The van der Waals surface area contributed by atoms with Crippen LogP contribution in [0.5, 0.6) is 0 Å². The lowest BCUT2D eigenvalue weighted by atomic mass is 9.88. The number of aliphatic carboxylic acids is 1. The van der Waals surface area contributed by atoms with Crippen LogP contribution in [-0.2, 0) is 4.79 Å². The molecule has 0 bridgehead atoms. The minimum Gasteiger partial charge on any atom is -0.480 e. The Morgan fingerprint density at radius 1 is 1.42 bits per heavy atom. The molecule has 70 valence electrons. The van der Waals surface area contributed by atoms with Gasteiger partial charge in [-0.3, -0.25) is 9.69 Å². The number of rotatable bonds is 1. The molecule has 1 N–H and O–H groups in total. The third-order valence-corrected chi connectivity index (χ3v) is 2.84. The van der Waals surface area contributed by atoms with Gasteiger partial charge in [-0.15, -0.1) is 0 Å². The maximum atomic E-state index is 10.8. The molecule has 1 aliphatic rings. The summed E-state index contributed by atoms with van der Waals surface area (Å²) >= 11 is 0. The monoisotopic (exact) mass is 171 g/mol. The molecule has 3 unspecified atom stereocenters. The van der Waals surface area contributed by atoms with Crippen molar-refractivity contribution in [1.82, 2.24) is 4.90 Å². The van der Waals surface area contributed by atoms with Crippen LogP contribution in [-0.4, -0.2) is 35.1 Å². The van der Waals surface area contributed by atoms with E-state index in [9.17, 15) is 4.79 Å². The number of likely N-dealkylation sites (N-methyl/N-ethyl adjacent to an activating group) is 1. The second-order valence-corrected chi connectivity index (χ2v) is 3.95. The molecular weight excluding hydrogens is 154 g/mol. The van der Waals surface area contributed by atoms with E-state index in [4.69, 9.17) is 5.11 Å². The van der Waals surface area contributed by atoms with E-state index in [1.807, 2.05) is 11.9 Å². The van der Waals surface area contributed by atoms with Crippen molar-refractivity contribution in [1.29, 1.82) is 0 Å². The third-order valence-electron chi connectivity index (χ3n) is 2.84. The van der Waals surface area contributed by atoms with E-state index in [-0.39, 0.29) is 6.04 Å². The second kappa shape index (κ2) is 3.44. The molecule has 0 saturated carbocycles. The topological polar surface area (TPSA) is 40.5 Å². The molecule has 0 radical (unpaired) electrons. The molecule has 1 saturated heterocycles. The van der Waals surface area contributed by atoms with Crippen molar-refractivity contribution < 1.29 is 9.90 Å². The van der Waals surface area contributed by atoms with E-state index in [1.54, 1.807) is 0 Å². The lowest BCUT2D eigenvalue weighted by molar-refractivity contribution is -0.145. The van der Waals surface area contributed by atoms with Crippen molar-refractivity contribution in [2.75, 3.05) is 7.05 Å². The van der Waals surface area contributed by atoms with Crippen molar-refractivity contribution in [3.05, 3.63) is 0 Å². The highest BCUT2D eigenvalue weighted by Gasteiger charge is 2.33. The van der Waals surface area contributed by atoms with Crippen molar-refractivity contribution >= 4 is 5.97 Å². The molecule has 1 rings (SSSR count). The summed E-state index contributed by atoms with van der Waals surface area (Å²) in [5.74, 6) is -0.145. The van der Waals surface area contributed by atoms with E-state index in [1.165, 1.54) is 0 Å². The average molecular weight is 171 g/mol. The molecule has 12 heavy (non-hydrogen) atoms. The van der Waals surface area contributed by atoms with E-state index >= 15 is 0 Å². The molecule has 0 spiro atoms. The highest BCUT2D eigenvalue weighted by Crippen LogP contribution is 2.25. The molecule has 1 aliphatic heterocycles. The van der Waals surface area contributed by atoms with Gasteiger partial charge in [0.15, 0.2) is 0 Å². The first-order chi connectivity index (χ1) is 5.52. The minimum absolute atomic E-state index is 0.274. The highest BCUT2D eigenvalue weighted by atomic mass is 16.4. The zero-order valence-electron chi connectivity index (χ0n) is 7.95. The number of carboxylic acids is 1. The molecule has 1 fully saturated rings. The standard InChI is InChI=1S/C9H17NO2/c1-6-4-7(2)10(3)8(5-6)9(11)12/h6-8H,4-5H2,1-3H3,(H,11,12). The fraction of sp³-hybridized carbons (Fsp3) is 0.889. The Labute approximate surface area is 73.4 Å². The summed E-state index contributed by atoms with van der Waals surface area (Å²) in [5.41, 5.74) is 0. The summed E-state index contributed by atoms with van der Waals surface area (Å²) < 4.78 is 0. The predicted octanol–water partition coefficient (Wildman–Crippen LogP) is 1.19. The number of hydrogen-bond acceptors (Lipinski definition) is 2. The molecule has 0 aromatic rings. The van der Waals surface area contributed by atoms with E-state index < -0.39 is 5.97 Å². The van der Waals surface area contributed by atoms with Crippen molar-refractivity contribution in [2.45, 2.75) is 38.8 Å². The normalized spacial score (nSPS) is 38.1. The fourth-order valence-corrected chi connectivity index (χ4v) is 1.97. The Kier molecular flexibility index (Phi) is 2.73. The summed E-state index contributed by atoms with van der Waals surface area (Å²) in [6.45, 7) is 4.21. The van der Waals surface area contributed by atoms with Crippen LogP contribution in [0.4, 0.5) is 0 Å². The Hall–Kier alpha value is -0.570. The van der Waals surface area contributed by atoms with Gasteiger partial charge in [0.25, 0.3) is 0 Å². The number of likely N-dealkylation sites (tertiary alicyclic amines) is 1. The van der Waals surface area contributed by atoms with Crippen LogP contribution in [0, 0.1) is 5.92 Å². The van der Waals surface area contributed by atoms with Crippen molar-refractivity contribution in [2.24, 2.45) is 5.92 Å². The summed E-state index contributed by atoms with van der Waals surface area (Å²) in [4.78, 5) is 12.8. The third kappa shape index (κ3) is 1.78. The van der Waals surface area contributed by atoms with E-state index in [2.05, 4.69) is 13.8 Å². The largest absolute Gasteiger partial charge is 0.480 e. The molecule has 3 nitrogen and oxygen atoms in total. The van der Waals surface area contributed by atoms with Crippen LogP contribution in [0.15, 0.2) is 0 Å². The molecule has 0 aromatic carbocycles. The first kappa shape index (κ1) is 9.52. The Balaban J connectivity index is 2.66. The maximum absolute atomic E-state index is 10.8. The molecule has 1 heterocycles. The van der Waals surface area contributed by atoms with Crippen LogP contribution < -0.4 is 0 Å². The van der Waals surface area contributed by atoms with Crippen LogP contribution in [0.3, 0.4) is 0 Å². The van der Waals surface area contributed by atoms with Gasteiger partial charge in [-0.1, -0.05) is 6.92 Å². The Morgan fingerprint density at radius 2 is 2.00 bits per heavy atom. The van der Waals surface area contributed by atoms with Gasteiger partial charge in [0, 0.05) is 6.04 Å². The first-order valence-corrected chi connectivity index (χ1v) is 4.47. The number of piperidine rings is 1. The SMILES string of the molecule is CC1CC(C)N(C)C(C(=O)O)C1. The molecule has 0 amide bonds. The van der Waals surface area contributed by atoms with Crippen molar-refractivity contribution in [3.63, 3.8) is 0 Å². The van der Waals surface area contributed by atoms with Gasteiger partial charge in [-0.2, -0.15) is 0 Å². The molecular formula is C9H17NO2. The number of nitrogens with zero attached hydrogens (tertiary/aromatic N) is 1. The number of carbonyl (C=O) groups is 1. The summed E-state index contributed by atoms with van der Waals surface area (Å²) in [5, 5.41) is 8.90. The summed E-state index contributed by atoms with van der Waals surface area (Å²) in [6, 6.07) is 0.124. The van der Waals surface area contributed by atoms with Crippen LogP contribution >= 0.6 is 0 Å². The highest BCUT2D eigenvalue weighted by molar-refractivity contribution is 5.73. The maximum Gasteiger partial charge on any atom is 0.320 e. The number of hydrogen-bond donors (Lipinski definition) is 1. The van der Waals surface area contributed by atoms with Gasteiger partial charge in [-0.05, 0) is 32.7 Å². The lowest BCUT2D eigenvalue weighted by Gasteiger charge is -2.38. The Morgan fingerprint density at radius 3 is 2.50 bits per heavy atom. The summed E-state index contributed by atoms with van der Waals surface area (Å²) in [6.07, 6.45) is 1.90. The van der Waals surface area contributed by atoms with Gasteiger partial charge >= 0.3 is 5.97 Å². The zero-order valence-corrected chi connectivity index (χ0v) is 7.95. The van der Waals surface area contributed by atoms with Crippen LogP contribution in [0.1, 0.15) is 26.7 Å². The van der Waals surface area contributed by atoms with Gasteiger partial charge in [-0.25, -0.2) is 0 Å². The molecule has 0 aliphatic carbocycles. The van der Waals surface area contributed by atoms with Gasteiger partial charge in [0.2, 0.25) is 0 Å². The Bertz CT molecular complexity index is 181. The quantitative estimate of drug-likeness (QED) is 0.644. The van der Waals surface area contributed by atoms with Crippen LogP contribution in [0.25, 0.3) is 0 Å². The predicted molar refractivity (Wildman–Crippen MR) is 47.0 cm³/mol. The van der Waals surface area contributed by atoms with Gasteiger partial charge < -0.3 is 5.11 Å². The van der Waals surface area contributed by atoms with Crippen molar-refractivity contribution in [3.8, 4) is 0 Å². The fourth-order valence-electron chi connectivity index (χ4n) is 1.97. The molecule has 0 aromatic heterocycles. The van der Waals surface area contributed by atoms with Gasteiger partial charge in [0.05, 0.1) is 0 Å². The molecule has 3 atom stereocenters. The second-order valence-electron chi connectivity index (χ2n) is 3.95. The smallest absolute Gasteiger partial charge is 0.320 e. The van der Waals surface area contributed by atoms with Crippen LogP contribution in [0.2, 0.25) is 0 Å². The van der Waals surface area contributed by atoms with E-state index in [0.717, 1.165) is 12.8 Å². The molecule has 3 heteroatoms. The minimum atomic E-state index is -0.684. The zero-order chi connectivity index (χ0) is 9.30. The number of carboxylic acid groups (broad SMARTS) is 1. The van der Waals surface area contributed by atoms with E-state index in [0.29, 0.717) is 12.0 Å². The lowest BCUT2D eigenvalue weighted by Crippen LogP contribution is -2.48. The first-order valence-electron chi connectivity index (χ1n) is 4.47.